The van der Waals surface area contributed by atoms with Gasteiger partial charge in [0.05, 0.1) is 0 Å². The van der Waals surface area contributed by atoms with Crippen LogP contribution in [0.5, 0.6) is 0 Å². The number of pyridine rings is 1. The quantitative estimate of drug-likeness (QED) is 0.654. The molecule has 2 N–H and O–H groups in total. The van der Waals surface area contributed by atoms with Crippen LogP contribution in [0.15, 0.2) is 35.4 Å². The van der Waals surface area contributed by atoms with E-state index in [1.165, 1.54) is 12.7 Å². The molecule has 0 spiro atoms. The van der Waals surface area contributed by atoms with Crippen molar-refractivity contribution in [2.45, 2.75) is 13.3 Å². The lowest BCUT2D eigenvalue weighted by Crippen LogP contribution is -2.14. The number of hydrogen-bond acceptors (Lipinski definition) is 8. The van der Waals surface area contributed by atoms with Crippen LogP contribution in [0.25, 0.3) is 5.82 Å². The summed E-state index contributed by atoms with van der Waals surface area (Å²) < 4.78 is 6.50. The lowest BCUT2D eigenvalue weighted by Gasteiger charge is -2.03. The summed E-state index contributed by atoms with van der Waals surface area (Å²) in [5.74, 6) is 0.625. The lowest BCUT2D eigenvalue weighted by atomic mass is 10.3. The molecule has 0 radical (unpaired) electrons. The Kier molecular flexibility index (Phi) is 5.66. The number of nitrogens with one attached hydrogen (secondary N) is 1. The van der Waals surface area contributed by atoms with Gasteiger partial charge < -0.3 is 9.63 Å². The molecule has 24 heavy (non-hydrogen) atoms. The van der Waals surface area contributed by atoms with Gasteiger partial charge >= 0.3 is 6.01 Å². The summed E-state index contributed by atoms with van der Waals surface area (Å²) in [6.07, 6.45) is 3.62. The van der Waals surface area contributed by atoms with E-state index >= 15 is 0 Å². The summed E-state index contributed by atoms with van der Waals surface area (Å²) in [5, 5.41) is 20.5. The highest BCUT2D eigenvalue weighted by Gasteiger charge is 2.13. The smallest absolute Gasteiger partial charge is 0.328 e. The first-order chi connectivity index (χ1) is 11.7. The molecule has 0 saturated carbocycles. The molecule has 3 aromatic heterocycles. The van der Waals surface area contributed by atoms with Gasteiger partial charge in [-0.2, -0.15) is 4.98 Å². The molecule has 0 unspecified atom stereocenters. The Hall–Kier alpha value is -3.63. The van der Waals surface area contributed by atoms with Crippen molar-refractivity contribution in [3.8, 4) is 5.82 Å². The molecule has 0 fully saturated rings. The van der Waals surface area contributed by atoms with Crippen molar-refractivity contribution in [1.29, 1.82) is 0 Å². The van der Waals surface area contributed by atoms with E-state index in [-0.39, 0.29) is 18.2 Å². The highest BCUT2D eigenvalue weighted by atomic mass is 16.5. The van der Waals surface area contributed by atoms with Gasteiger partial charge in [-0.25, -0.2) is 4.98 Å². The number of aromatic nitrogens is 6. The molecule has 0 atom stereocenters. The first-order valence-electron chi connectivity index (χ1n) is 6.71. The number of nitrogens with zero attached hydrogens (tertiary/aromatic N) is 6. The maximum atomic E-state index is 12.1. The zero-order chi connectivity index (χ0) is 17.4. The minimum atomic E-state index is -0.434. The van der Waals surface area contributed by atoms with E-state index in [1.54, 1.807) is 22.8 Å². The average molecular weight is 331 g/mol. The lowest BCUT2D eigenvalue weighted by molar-refractivity contribution is -0.122. The predicted molar refractivity (Wildman–Crippen MR) is 79.5 cm³/mol. The van der Waals surface area contributed by atoms with Crippen molar-refractivity contribution < 1.29 is 19.2 Å². The Labute approximate surface area is 135 Å². The van der Waals surface area contributed by atoms with Crippen LogP contribution in [0.2, 0.25) is 0 Å². The van der Waals surface area contributed by atoms with Gasteiger partial charge in [0.2, 0.25) is 0 Å². The Bertz CT molecular complexity index is 800. The Morgan fingerprint density at radius 3 is 2.67 bits per heavy atom. The predicted octanol–water partition coefficient (Wildman–Crippen LogP) is 0.561. The summed E-state index contributed by atoms with van der Waals surface area (Å²) in [4.78, 5) is 28.7. The fourth-order valence-electron chi connectivity index (χ4n) is 1.62. The number of anilines is 1. The number of carboxylic acid groups (broad SMARTS) is 1. The van der Waals surface area contributed by atoms with Gasteiger partial charge in [0.1, 0.15) is 24.2 Å². The van der Waals surface area contributed by atoms with Crippen molar-refractivity contribution in [2.75, 3.05) is 5.32 Å². The number of rotatable bonds is 4. The van der Waals surface area contributed by atoms with E-state index in [4.69, 9.17) is 14.4 Å². The maximum absolute atomic E-state index is 12.1. The SMILES string of the molecule is CCc1noc(NC(=O)c2cccc(-n3cnnc3)n2)n1.O=CO. The largest absolute Gasteiger partial charge is 0.483 e. The zero-order valence-corrected chi connectivity index (χ0v) is 12.5. The van der Waals surface area contributed by atoms with Crippen LogP contribution in [0.1, 0.15) is 23.2 Å². The molecule has 3 aromatic rings. The molecule has 0 aliphatic rings. The second-order valence-electron chi connectivity index (χ2n) is 4.18. The standard InChI is InChI=1S/C12H11N7O2.CH2O2/c1-2-9-16-12(21-18-9)17-11(20)8-4-3-5-10(15-8)19-6-13-14-7-19;2-1-3/h3-7H,2H2,1H3,(H,16,17,18,20);1H,(H,2,3). The Morgan fingerprint density at radius 2 is 2.04 bits per heavy atom. The number of hydrogen-bond donors (Lipinski definition) is 2. The molecule has 0 aliphatic carbocycles. The van der Waals surface area contributed by atoms with Crippen LogP contribution in [0.3, 0.4) is 0 Å². The molecule has 11 heteroatoms. The van der Waals surface area contributed by atoms with Crippen molar-refractivity contribution in [2.24, 2.45) is 0 Å². The van der Waals surface area contributed by atoms with Crippen LogP contribution in [-0.2, 0) is 11.2 Å². The molecule has 0 bridgehead atoms. The van der Waals surface area contributed by atoms with Crippen molar-refractivity contribution in [3.63, 3.8) is 0 Å². The molecule has 0 aliphatic heterocycles. The first-order valence-corrected chi connectivity index (χ1v) is 6.71. The zero-order valence-electron chi connectivity index (χ0n) is 12.5. The molecule has 3 rings (SSSR count). The molecular weight excluding hydrogens is 318 g/mol. The average Bonchev–Trinajstić information content (AvgIpc) is 3.27. The second kappa shape index (κ2) is 8.12. The van der Waals surface area contributed by atoms with Gasteiger partial charge in [0, 0.05) is 6.42 Å². The van der Waals surface area contributed by atoms with Gasteiger partial charge in [-0.3, -0.25) is 19.5 Å². The topological polar surface area (TPSA) is 149 Å². The normalized spacial score (nSPS) is 9.71. The fraction of sp³-hybridized carbons (Fsp3) is 0.154. The third-order valence-corrected chi connectivity index (χ3v) is 2.66. The van der Waals surface area contributed by atoms with Crippen molar-refractivity contribution >= 4 is 18.4 Å². The number of amides is 1. The van der Waals surface area contributed by atoms with Crippen molar-refractivity contribution in [1.82, 2.24) is 29.9 Å². The summed E-state index contributed by atoms with van der Waals surface area (Å²) in [5.41, 5.74) is 0.220. The van der Waals surface area contributed by atoms with Gasteiger partial charge in [-0.05, 0) is 12.1 Å². The number of aryl methyl sites for hydroxylation is 1. The van der Waals surface area contributed by atoms with Crippen molar-refractivity contribution in [3.05, 3.63) is 42.4 Å². The minimum absolute atomic E-state index is 0.0494. The van der Waals surface area contributed by atoms with Gasteiger partial charge in [-0.1, -0.05) is 18.1 Å². The molecule has 3 heterocycles. The van der Waals surface area contributed by atoms with Crippen LogP contribution in [-0.4, -0.2) is 47.4 Å². The molecular formula is C13H13N7O4. The molecule has 11 nitrogen and oxygen atoms in total. The number of carbonyl (C=O) groups excluding carboxylic acids is 1. The molecule has 1 amide bonds. The summed E-state index contributed by atoms with van der Waals surface area (Å²) in [7, 11) is 0. The van der Waals surface area contributed by atoms with E-state index in [1.807, 2.05) is 6.92 Å². The van der Waals surface area contributed by atoms with Crippen LogP contribution >= 0.6 is 0 Å². The Balaban J connectivity index is 0.000000647. The van der Waals surface area contributed by atoms with E-state index in [9.17, 15) is 4.79 Å². The van der Waals surface area contributed by atoms with Crippen LogP contribution in [0, 0.1) is 0 Å². The third-order valence-electron chi connectivity index (χ3n) is 2.66. The number of carbonyl (C=O) groups is 2. The van der Waals surface area contributed by atoms with Crippen LogP contribution in [0.4, 0.5) is 6.01 Å². The van der Waals surface area contributed by atoms with E-state index < -0.39 is 5.91 Å². The fourth-order valence-corrected chi connectivity index (χ4v) is 1.62. The molecule has 0 saturated heterocycles. The van der Waals surface area contributed by atoms with E-state index in [0.29, 0.717) is 18.1 Å². The van der Waals surface area contributed by atoms with Gasteiger partial charge in [0.15, 0.2) is 5.82 Å². The second-order valence-corrected chi connectivity index (χ2v) is 4.18. The van der Waals surface area contributed by atoms with E-state index in [2.05, 4.69) is 30.6 Å². The minimum Gasteiger partial charge on any atom is -0.483 e. The van der Waals surface area contributed by atoms with Gasteiger partial charge in [-0.15, -0.1) is 10.2 Å². The summed E-state index contributed by atoms with van der Waals surface area (Å²) in [6.45, 7) is 1.64. The third kappa shape index (κ3) is 4.19. The molecule has 124 valence electrons. The first kappa shape index (κ1) is 16.7. The monoisotopic (exact) mass is 331 g/mol. The van der Waals surface area contributed by atoms with Crippen LogP contribution < -0.4 is 5.32 Å². The summed E-state index contributed by atoms with van der Waals surface area (Å²) in [6, 6.07) is 5.08. The molecule has 0 aromatic carbocycles. The highest BCUT2D eigenvalue weighted by molar-refractivity contribution is 6.01. The van der Waals surface area contributed by atoms with Gasteiger partial charge in [0.25, 0.3) is 12.4 Å². The van der Waals surface area contributed by atoms with E-state index in [0.717, 1.165) is 0 Å². The Morgan fingerprint density at radius 1 is 1.33 bits per heavy atom. The maximum Gasteiger partial charge on any atom is 0.328 e. The highest BCUT2D eigenvalue weighted by Crippen LogP contribution is 2.08. The summed E-state index contributed by atoms with van der Waals surface area (Å²) >= 11 is 0.